The van der Waals surface area contributed by atoms with Crippen LogP contribution in [0.1, 0.15) is 19.4 Å². The zero-order chi connectivity index (χ0) is 16.8. The third-order valence-corrected chi connectivity index (χ3v) is 3.52. The van der Waals surface area contributed by atoms with E-state index in [9.17, 15) is 14.0 Å². The molecule has 1 aromatic heterocycles. The number of halogens is 1. The number of benzene rings is 1. The first kappa shape index (κ1) is 17.0. The van der Waals surface area contributed by atoms with Gasteiger partial charge in [-0.1, -0.05) is 0 Å². The van der Waals surface area contributed by atoms with Gasteiger partial charge in [0, 0.05) is 12.6 Å². The molecule has 0 saturated heterocycles. The van der Waals surface area contributed by atoms with Crippen LogP contribution in [-0.4, -0.2) is 17.9 Å². The van der Waals surface area contributed by atoms with E-state index in [1.807, 2.05) is 30.7 Å². The molecule has 0 unspecified atom stereocenters. The van der Waals surface area contributed by atoms with Gasteiger partial charge < -0.3 is 15.4 Å². The van der Waals surface area contributed by atoms with Gasteiger partial charge in [-0.15, -0.1) is 0 Å². The first-order valence-corrected chi connectivity index (χ1v) is 7.96. The summed E-state index contributed by atoms with van der Waals surface area (Å²) in [6, 6.07) is 5.60. The van der Waals surface area contributed by atoms with Crippen molar-refractivity contribution in [2.75, 3.05) is 5.32 Å². The van der Waals surface area contributed by atoms with Crippen molar-refractivity contribution in [3.05, 3.63) is 46.4 Å². The molecule has 2 aromatic rings. The molecule has 1 aromatic carbocycles. The summed E-state index contributed by atoms with van der Waals surface area (Å²) in [5.74, 6) is -1.90. The van der Waals surface area contributed by atoms with Crippen LogP contribution < -0.4 is 15.4 Å². The van der Waals surface area contributed by atoms with Crippen LogP contribution in [0.4, 0.5) is 10.1 Å². The molecule has 0 aliphatic rings. The van der Waals surface area contributed by atoms with Crippen LogP contribution in [0.5, 0.6) is 5.75 Å². The van der Waals surface area contributed by atoms with Gasteiger partial charge in [-0.3, -0.25) is 9.59 Å². The number of rotatable bonds is 5. The maximum absolute atomic E-state index is 13.4. The van der Waals surface area contributed by atoms with Crippen molar-refractivity contribution in [1.29, 1.82) is 0 Å². The van der Waals surface area contributed by atoms with Crippen LogP contribution in [0.2, 0.25) is 0 Å². The summed E-state index contributed by atoms with van der Waals surface area (Å²) in [5.41, 5.74) is 1.03. The lowest BCUT2D eigenvalue weighted by molar-refractivity contribution is -0.136. The van der Waals surface area contributed by atoms with E-state index in [2.05, 4.69) is 10.6 Å². The molecular formula is C16H17FN2O3S. The van der Waals surface area contributed by atoms with Crippen LogP contribution >= 0.6 is 11.3 Å². The van der Waals surface area contributed by atoms with Gasteiger partial charge in [0.05, 0.1) is 11.8 Å². The highest BCUT2D eigenvalue weighted by Crippen LogP contribution is 2.26. The number of ether oxygens (including phenoxy) is 1. The fraction of sp³-hybridized carbons (Fsp3) is 0.250. The summed E-state index contributed by atoms with van der Waals surface area (Å²) in [5, 5.41) is 8.63. The van der Waals surface area contributed by atoms with E-state index in [0.29, 0.717) is 5.75 Å². The van der Waals surface area contributed by atoms with E-state index in [1.165, 1.54) is 23.5 Å². The Morgan fingerprint density at radius 1 is 1.26 bits per heavy atom. The fourth-order valence-corrected chi connectivity index (χ4v) is 2.46. The third kappa shape index (κ3) is 5.07. The Labute approximate surface area is 137 Å². The van der Waals surface area contributed by atoms with Crippen molar-refractivity contribution in [3.8, 4) is 5.75 Å². The number of hydrogen-bond donors (Lipinski definition) is 2. The number of anilines is 1. The number of hydrogen-bond acceptors (Lipinski definition) is 4. The SMILES string of the molecule is CC(C)Oc1ccc(F)cc1NC(=O)C(=O)NCc1ccsc1. The number of nitrogens with one attached hydrogen (secondary N) is 2. The topological polar surface area (TPSA) is 67.4 Å². The zero-order valence-electron chi connectivity index (χ0n) is 12.8. The van der Waals surface area contributed by atoms with Gasteiger partial charge >= 0.3 is 11.8 Å². The minimum Gasteiger partial charge on any atom is -0.489 e. The molecule has 0 bridgehead atoms. The molecule has 7 heteroatoms. The Bertz CT molecular complexity index is 687. The van der Waals surface area contributed by atoms with E-state index in [-0.39, 0.29) is 18.3 Å². The highest BCUT2D eigenvalue weighted by atomic mass is 32.1. The molecule has 2 N–H and O–H groups in total. The number of amides is 2. The molecule has 23 heavy (non-hydrogen) atoms. The van der Waals surface area contributed by atoms with Crippen LogP contribution in [0.15, 0.2) is 35.0 Å². The highest BCUT2D eigenvalue weighted by Gasteiger charge is 2.17. The van der Waals surface area contributed by atoms with Crippen LogP contribution in [-0.2, 0) is 16.1 Å². The lowest BCUT2D eigenvalue weighted by atomic mass is 10.2. The van der Waals surface area contributed by atoms with E-state index in [4.69, 9.17) is 4.74 Å². The van der Waals surface area contributed by atoms with Gasteiger partial charge in [-0.2, -0.15) is 11.3 Å². The molecule has 0 atom stereocenters. The number of carbonyl (C=O) groups excluding carboxylic acids is 2. The predicted molar refractivity (Wildman–Crippen MR) is 87.0 cm³/mol. The quantitative estimate of drug-likeness (QED) is 0.825. The van der Waals surface area contributed by atoms with Crippen molar-refractivity contribution in [3.63, 3.8) is 0 Å². The van der Waals surface area contributed by atoms with Gasteiger partial charge in [0.2, 0.25) is 0 Å². The molecule has 0 aliphatic heterocycles. The molecule has 0 aliphatic carbocycles. The van der Waals surface area contributed by atoms with E-state index in [0.717, 1.165) is 11.6 Å². The second-order valence-electron chi connectivity index (χ2n) is 5.08. The number of thiophene rings is 1. The summed E-state index contributed by atoms with van der Waals surface area (Å²) in [7, 11) is 0. The Morgan fingerprint density at radius 2 is 2.04 bits per heavy atom. The minimum absolute atomic E-state index is 0.120. The average Bonchev–Trinajstić information content (AvgIpc) is 3.00. The van der Waals surface area contributed by atoms with Crippen LogP contribution in [0.3, 0.4) is 0 Å². The fourth-order valence-electron chi connectivity index (χ4n) is 1.79. The molecule has 2 amide bonds. The molecule has 1 heterocycles. The Balaban J connectivity index is 2.01. The second kappa shape index (κ2) is 7.73. The predicted octanol–water partition coefficient (Wildman–Crippen LogP) is 2.93. The molecule has 0 spiro atoms. The Hall–Kier alpha value is -2.41. The summed E-state index contributed by atoms with van der Waals surface area (Å²) in [6.45, 7) is 3.87. The summed E-state index contributed by atoms with van der Waals surface area (Å²) in [6.07, 6.45) is -0.150. The molecule has 5 nitrogen and oxygen atoms in total. The molecule has 0 fully saturated rings. The van der Waals surface area contributed by atoms with Crippen molar-refractivity contribution in [2.24, 2.45) is 0 Å². The first-order chi connectivity index (χ1) is 11.0. The average molecular weight is 336 g/mol. The zero-order valence-corrected chi connectivity index (χ0v) is 13.6. The summed E-state index contributed by atoms with van der Waals surface area (Å²) < 4.78 is 18.9. The molecule has 0 saturated carbocycles. The standard InChI is InChI=1S/C16H17FN2O3S/c1-10(2)22-14-4-3-12(17)7-13(14)19-16(21)15(20)18-8-11-5-6-23-9-11/h3-7,9-10H,8H2,1-2H3,(H,18,20)(H,19,21). The first-order valence-electron chi connectivity index (χ1n) is 7.02. The monoisotopic (exact) mass is 336 g/mol. The molecule has 0 radical (unpaired) electrons. The summed E-state index contributed by atoms with van der Waals surface area (Å²) >= 11 is 1.50. The molecular weight excluding hydrogens is 319 g/mol. The van der Waals surface area contributed by atoms with Gasteiger partial charge in [-0.25, -0.2) is 4.39 Å². The maximum atomic E-state index is 13.4. The third-order valence-electron chi connectivity index (χ3n) is 2.79. The lowest BCUT2D eigenvalue weighted by Crippen LogP contribution is -2.35. The second-order valence-corrected chi connectivity index (χ2v) is 5.86. The smallest absolute Gasteiger partial charge is 0.313 e. The van der Waals surface area contributed by atoms with Crippen molar-refractivity contribution in [2.45, 2.75) is 26.5 Å². The van der Waals surface area contributed by atoms with Gasteiger partial charge in [0.25, 0.3) is 0 Å². The lowest BCUT2D eigenvalue weighted by Gasteiger charge is -2.14. The number of carbonyl (C=O) groups is 2. The van der Waals surface area contributed by atoms with Crippen molar-refractivity contribution < 1.29 is 18.7 Å². The highest BCUT2D eigenvalue weighted by molar-refractivity contribution is 7.07. The van der Waals surface area contributed by atoms with E-state index >= 15 is 0 Å². The summed E-state index contributed by atoms with van der Waals surface area (Å²) in [4.78, 5) is 23.7. The largest absolute Gasteiger partial charge is 0.489 e. The van der Waals surface area contributed by atoms with Gasteiger partial charge in [-0.05, 0) is 48.4 Å². The van der Waals surface area contributed by atoms with Crippen molar-refractivity contribution >= 4 is 28.8 Å². The van der Waals surface area contributed by atoms with Crippen molar-refractivity contribution in [1.82, 2.24) is 5.32 Å². The van der Waals surface area contributed by atoms with Crippen LogP contribution in [0.25, 0.3) is 0 Å². The van der Waals surface area contributed by atoms with E-state index < -0.39 is 17.6 Å². The van der Waals surface area contributed by atoms with E-state index in [1.54, 1.807) is 0 Å². The van der Waals surface area contributed by atoms with Gasteiger partial charge in [0.1, 0.15) is 11.6 Å². The van der Waals surface area contributed by atoms with Crippen LogP contribution in [0, 0.1) is 5.82 Å². The maximum Gasteiger partial charge on any atom is 0.313 e. The normalized spacial score (nSPS) is 10.4. The minimum atomic E-state index is -0.876. The molecule has 2 rings (SSSR count). The Kier molecular flexibility index (Phi) is 5.70. The Morgan fingerprint density at radius 3 is 2.70 bits per heavy atom. The van der Waals surface area contributed by atoms with Gasteiger partial charge in [0.15, 0.2) is 0 Å². The molecule has 122 valence electrons.